The molecule has 0 unspecified atom stereocenters. The second-order valence-electron chi connectivity index (χ2n) is 7.18. The molecule has 7 nitrogen and oxygen atoms in total. The SMILES string of the molecule is CCN(CC)c1ccc([C@@H]2C(C(=O)Nc3ccccc3)=C(C)Nc3ncnn32)cc1. The molecular formula is C23H26N6O. The molecular weight excluding hydrogens is 376 g/mol. The molecule has 3 aromatic rings. The number of carbonyl (C=O) groups excluding carboxylic acids is 1. The molecule has 1 aromatic heterocycles. The Morgan fingerprint density at radius 3 is 2.47 bits per heavy atom. The molecule has 4 rings (SSSR count). The molecule has 154 valence electrons. The minimum atomic E-state index is -0.363. The number of para-hydroxylation sites is 1. The van der Waals surface area contributed by atoms with Gasteiger partial charge in [0.1, 0.15) is 12.4 Å². The van der Waals surface area contributed by atoms with Crippen molar-refractivity contribution < 1.29 is 4.79 Å². The lowest BCUT2D eigenvalue weighted by molar-refractivity contribution is -0.113. The molecule has 1 aliphatic rings. The third-order valence-corrected chi connectivity index (χ3v) is 5.41. The number of nitrogens with one attached hydrogen (secondary N) is 2. The van der Waals surface area contributed by atoms with Crippen LogP contribution in [-0.4, -0.2) is 33.8 Å². The smallest absolute Gasteiger partial charge is 0.255 e. The standard InChI is InChI=1S/C23H26N6O/c1-4-28(5-2)19-13-11-17(12-14-19)21-20(16(3)26-23-24-15-25-29(21)23)22(30)27-18-9-7-6-8-10-18/h6-15,21H,4-5H2,1-3H3,(H,27,30)(H,24,25,26)/t21-/m1/s1. The minimum Gasteiger partial charge on any atom is -0.372 e. The number of amides is 1. The minimum absolute atomic E-state index is 0.162. The van der Waals surface area contributed by atoms with Crippen LogP contribution < -0.4 is 15.5 Å². The average Bonchev–Trinajstić information content (AvgIpc) is 3.23. The number of benzene rings is 2. The van der Waals surface area contributed by atoms with Crippen LogP contribution in [0, 0.1) is 0 Å². The number of aromatic nitrogens is 3. The molecule has 0 saturated heterocycles. The number of hydrogen-bond acceptors (Lipinski definition) is 5. The van der Waals surface area contributed by atoms with E-state index >= 15 is 0 Å². The largest absolute Gasteiger partial charge is 0.372 e. The van der Waals surface area contributed by atoms with E-state index in [1.54, 1.807) is 4.68 Å². The van der Waals surface area contributed by atoms with Crippen molar-refractivity contribution in [3.05, 3.63) is 77.8 Å². The van der Waals surface area contributed by atoms with Crippen molar-refractivity contribution in [3.8, 4) is 0 Å². The predicted octanol–water partition coefficient (Wildman–Crippen LogP) is 4.05. The van der Waals surface area contributed by atoms with Gasteiger partial charge in [-0.1, -0.05) is 30.3 Å². The highest BCUT2D eigenvalue weighted by atomic mass is 16.1. The van der Waals surface area contributed by atoms with E-state index in [-0.39, 0.29) is 11.9 Å². The normalized spacial score (nSPS) is 15.4. The number of allylic oxidation sites excluding steroid dienone is 1. The lowest BCUT2D eigenvalue weighted by Gasteiger charge is -2.29. The van der Waals surface area contributed by atoms with Gasteiger partial charge in [0.25, 0.3) is 5.91 Å². The van der Waals surface area contributed by atoms with Gasteiger partial charge in [-0.05, 0) is 50.6 Å². The Labute approximate surface area is 176 Å². The Morgan fingerprint density at radius 2 is 1.80 bits per heavy atom. The van der Waals surface area contributed by atoms with E-state index in [2.05, 4.69) is 63.7 Å². The molecule has 1 aliphatic heterocycles. The van der Waals surface area contributed by atoms with Crippen molar-refractivity contribution in [1.82, 2.24) is 14.8 Å². The number of hydrogen-bond donors (Lipinski definition) is 2. The number of nitrogens with zero attached hydrogens (tertiary/aromatic N) is 4. The summed E-state index contributed by atoms with van der Waals surface area (Å²) in [5, 5.41) is 10.6. The summed E-state index contributed by atoms with van der Waals surface area (Å²) in [7, 11) is 0. The van der Waals surface area contributed by atoms with Crippen molar-refractivity contribution in [2.45, 2.75) is 26.8 Å². The van der Waals surface area contributed by atoms with E-state index in [1.165, 1.54) is 6.33 Å². The highest BCUT2D eigenvalue weighted by Gasteiger charge is 2.33. The van der Waals surface area contributed by atoms with Gasteiger partial charge in [-0.25, -0.2) is 4.68 Å². The van der Waals surface area contributed by atoms with Crippen LogP contribution in [0.2, 0.25) is 0 Å². The van der Waals surface area contributed by atoms with Crippen molar-refractivity contribution in [2.75, 3.05) is 28.6 Å². The summed E-state index contributed by atoms with van der Waals surface area (Å²) in [5.41, 5.74) is 4.28. The average molecular weight is 403 g/mol. The van der Waals surface area contributed by atoms with E-state index in [9.17, 15) is 4.79 Å². The predicted molar refractivity (Wildman–Crippen MR) is 120 cm³/mol. The summed E-state index contributed by atoms with van der Waals surface area (Å²) in [6, 6.07) is 17.4. The number of carbonyl (C=O) groups is 1. The second kappa shape index (κ2) is 8.41. The van der Waals surface area contributed by atoms with Crippen LogP contribution in [0.5, 0.6) is 0 Å². The Bertz CT molecular complexity index is 1050. The van der Waals surface area contributed by atoms with Gasteiger partial charge in [0, 0.05) is 30.2 Å². The summed E-state index contributed by atoms with van der Waals surface area (Å²) in [4.78, 5) is 19.9. The first-order chi connectivity index (χ1) is 14.6. The first-order valence-corrected chi connectivity index (χ1v) is 10.2. The fraction of sp³-hybridized carbons (Fsp3) is 0.261. The monoisotopic (exact) mass is 402 g/mol. The van der Waals surface area contributed by atoms with Crippen molar-refractivity contribution in [3.63, 3.8) is 0 Å². The van der Waals surface area contributed by atoms with Gasteiger partial charge in [0.15, 0.2) is 0 Å². The third kappa shape index (κ3) is 3.66. The van der Waals surface area contributed by atoms with E-state index in [1.807, 2.05) is 37.3 Å². The van der Waals surface area contributed by atoms with Crippen LogP contribution in [0.4, 0.5) is 17.3 Å². The summed E-state index contributed by atoms with van der Waals surface area (Å²) in [5.74, 6) is 0.465. The molecule has 2 N–H and O–H groups in total. The van der Waals surface area contributed by atoms with Gasteiger partial charge in [-0.15, -0.1) is 0 Å². The summed E-state index contributed by atoms with van der Waals surface area (Å²) < 4.78 is 1.76. The van der Waals surface area contributed by atoms with Crippen LogP contribution in [-0.2, 0) is 4.79 Å². The molecule has 0 spiro atoms. The zero-order valence-electron chi connectivity index (χ0n) is 17.5. The van der Waals surface area contributed by atoms with Gasteiger partial charge in [-0.2, -0.15) is 10.1 Å². The van der Waals surface area contributed by atoms with Crippen molar-refractivity contribution in [1.29, 1.82) is 0 Å². The quantitative estimate of drug-likeness (QED) is 0.651. The maximum Gasteiger partial charge on any atom is 0.255 e. The summed E-state index contributed by atoms with van der Waals surface area (Å²) >= 11 is 0. The van der Waals surface area contributed by atoms with Crippen molar-refractivity contribution >= 4 is 23.2 Å². The number of rotatable bonds is 6. The Hall–Kier alpha value is -3.61. The van der Waals surface area contributed by atoms with Gasteiger partial charge < -0.3 is 15.5 Å². The molecule has 0 bridgehead atoms. The molecule has 0 saturated carbocycles. The molecule has 1 atom stereocenters. The van der Waals surface area contributed by atoms with E-state index in [0.29, 0.717) is 11.5 Å². The molecule has 2 heterocycles. The highest BCUT2D eigenvalue weighted by molar-refractivity contribution is 6.06. The van der Waals surface area contributed by atoms with Crippen LogP contribution in [0.1, 0.15) is 32.4 Å². The molecule has 0 radical (unpaired) electrons. The maximum atomic E-state index is 13.3. The lowest BCUT2D eigenvalue weighted by Crippen LogP contribution is -2.31. The first kappa shape index (κ1) is 19.7. The van der Waals surface area contributed by atoms with Gasteiger partial charge in [0.2, 0.25) is 5.95 Å². The Balaban J connectivity index is 1.72. The van der Waals surface area contributed by atoms with Crippen LogP contribution >= 0.6 is 0 Å². The molecule has 7 heteroatoms. The zero-order chi connectivity index (χ0) is 21.1. The second-order valence-corrected chi connectivity index (χ2v) is 7.18. The molecule has 0 fully saturated rings. The van der Waals surface area contributed by atoms with Crippen LogP contribution in [0.15, 0.2) is 72.2 Å². The van der Waals surface area contributed by atoms with Crippen LogP contribution in [0.25, 0.3) is 0 Å². The van der Waals surface area contributed by atoms with E-state index in [4.69, 9.17) is 0 Å². The summed E-state index contributed by atoms with van der Waals surface area (Å²) in [6.45, 7) is 8.07. The number of anilines is 3. The van der Waals surface area contributed by atoms with Gasteiger partial charge in [-0.3, -0.25) is 4.79 Å². The van der Waals surface area contributed by atoms with Crippen LogP contribution in [0.3, 0.4) is 0 Å². The Kier molecular flexibility index (Phi) is 5.52. The van der Waals surface area contributed by atoms with Gasteiger partial charge >= 0.3 is 0 Å². The third-order valence-electron chi connectivity index (χ3n) is 5.41. The van der Waals surface area contributed by atoms with E-state index < -0.39 is 0 Å². The summed E-state index contributed by atoms with van der Waals surface area (Å²) in [6.07, 6.45) is 1.50. The zero-order valence-corrected chi connectivity index (χ0v) is 17.5. The lowest BCUT2D eigenvalue weighted by atomic mass is 9.94. The molecule has 2 aromatic carbocycles. The molecule has 0 aliphatic carbocycles. The highest BCUT2D eigenvalue weighted by Crippen LogP contribution is 2.35. The van der Waals surface area contributed by atoms with Gasteiger partial charge in [0.05, 0.1) is 5.57 Å². The molecule has 30 heavy (non-hydrogen) atoms. The molecule has 1 amide bonds. The fourth-order valence-corrected chi connectivity index (χ4v) is 3.87. The number of fused-ring (bicyclic) bond motifs is 1. The Morgan fingerprint density at radius 1 is 1.10 bits per heavy atom. The maximum absolute atomic E-state index is 13.3. The van der Waals surface area contributed by atoms with E-state index in [0.717, 1.165) is 35.7 Å². The van der Waals surface area contributed by atoms with Crippen molar-refractivity contribution in [2.24, 2.45) is 0 Å². The topological polar surface area (TPSA) is 75.1 Å². The first-order valence-electron chi connectivity index (χ1n) is 10.2. The fourth-order valence-electron chi connectivity index (χ4n) is 3.87.